The highest BCUT2D eigenvalue weighted by Crippen LogP contribution is 2.14. The van der Waals surface area contributed by atoms with E-state index in [1.54, 1.807) is 6.08 Å². The van der Waals surface area contributed by atoms with Crippen molar-refractivity contribution in [1.82, 2.24) is 5.16 Å². The summed E-state index contributed by atoms with van der Waals surface area (Å²) in [5, 5.41) is 3.43. The van der Waals surface area contributed by atoms with Gasteiger partial charge in [0.2, 0.25) is 0 Å². The Morgan fingerprint density at radius 1 is 1.26 bits per heavy atom. The van der Waals surface area contributed by atoms with E-state index in [9.17, 15) is 4.79 Å². The molecular weight excluding hydrogens is 240 g/mol. The zero-order valence-corrected chi connectivity index (χ0v) is 11.3. The Balaban J connectivity index is 2.37. The molecule has 0 radical (unpaired) electrons. The summed E-state index contributed by atoms with van der Waals surface area (Å²) < 4.78 is 4.68. The Hall–Kier alpha value is -2.23. The number of rotatable bonds is 4. The van der Waals surface area contributed by atoms with E-state index in [0.717, 1.165) is 18.7 Å². The number of nitrogens with one attached hydrogen (secondary N) is 1. The van der Waals surface area contributed by atoms with E-state index in [2.05, 4.69) is 47.1 Å². The molecule has 0 unspecified atom stereocenters. The number of aromatic nitrogens is 1. The van der Waals surface area contributed by atoms with Crippen molar-refractivity contribution in [2.45, 2.75) is 13.8 Å². The predicted octanol–water partition coefficient (Wildman–Crippen LogP) is 1.05. The molecule has 4 heteroatoms. The van der Waals surface area contributed by atoms with Gasteiger partial charge in [-0.15, -0.1) is 0 Å². The van der Waals surface area contributed by atoms with Crippen LogP contribution in [0.1, 0.15) is 19.4 Å². The van der Waals surface area contributed by atoms with Crippen LogP contribution >= 0.6 is 0 Å². The number of hydrogen-bond donors (Lipinski definition) is 1. The smallest absolute Gasteiger partial charge is 0.365 e. The minimum absolute atomic E-state index is 0.391. The Morgan fingerprint density at radius 3 is 2.37 bits per heavy atom. The van der Waals surface area contributed by atoms with Crippen molar-refractivity contribution in [1.29, 1.82) is 0 Å². The van der Waals surface area contributed by atoms with E-state index >= 15 is 0 Å². The molecular formula is C15H18N2O2. The van der Waals surface area contributed by atoms with Crippen molar-refractivity contribution in [3.8, 4) is 0 Å². The summed E-state index contributed by atoms with van der Waals surface area (Å²) in [5.41, 5.74) is 1.74. The van der Waals surface area contributed by atoms with Gasteiger partial charge in [-0.05, 0) is 37.6 Å². The molecule has 1 heterocycles. The van der Waals surface area contributed by atoms with Crippen LogP contribution in [0.2, 0.25) is 0 Å². The molecule has 0 bridgehead atoms. The Labute approximate surface area is 111 Å². The van der Waals surface area contributed by atoms with Gasteiger partial charge in [0.15, 0.2) is 0 Å². The maximum absolute atomic E-state index is 11.4. The third-order valence-electron chi connectivity index (χ3n) is 3.14. The molecule has 0 aliphatic heterocycles. The second-order valence-electron chi connectivity index (χ2n) is 4.29. The first kappa shape index (κ1) is 13.2. The molecule has 0 amide bonds. The third kappa shape index (κ3) is 2.78. The van der Waals surface area contributed by atoms with Crippen molar-refractivity contribution in [2.75, 3.05) is 18.0 Å². The molecule has 1 N–H and O–H groups in total. The summed E-state index contributed by atoms with van der Waals surface area (Å²) in [6.45, 7) is 9.93. The molecule has 0 saturated heterocycles. The summed E-state index contributed by atoms with van der Waals surface area (Å²) in [5.74, 6) is 0. The Morgan fingerprint density at radius 2 is 1.89 bits per heavy atom. The van der Waals surface area contributed by atoms with Gasteiger partial charge < -0.3 is 9.42 Å². The lowest BCUT2D eigenvalue weighted by Crippen LogP contribution is -2.31. The van der Waals surface area contributed by atoms with Crippen LogP contribution < -0.4 is 21.1 Å². The van der Waals surface area contributed by atoms with Crippen LogP contribution in [-0.4, -0.2) is 18.2 Å². The van der Waals surface area contributed by atoms with Gasteiger partial charge in [-0.25, -0.2) is 9.95 Å². The van der Waals surface area contributed by atoms with Crippen molar-refractivity contribution in [2.24, 2.45) is 0 Å². The fraction of sp³-hybridized carbons (Fsp3) is 0.267. The average molecular weight is 258 g/mol. The molecule has 0 aliphatic carbocycles. The van der Waals surface area contributed by atoms with Crippen LogP contribution in [-0.2, 0) is 0 Å². The number of benzene rings is 1. The molecule has 0 atom stereocenters. The van der Waals surface area contributed by atoms with Crippen LogP contribution in [0.3, 0.4) is 0 Å². The van der Waals surface area contributed by atoms with Crippen molar-refractivity contribution in [3.05, 3.63) is 50.8 Å². The summed E-state index contributed by atoms with van der Waals surface area (Å²) in [7, 11) is 0. The molecule has 2 aromatic rings. The largest absolute Gasteiger partial charge is 0.372 e. The maximum atomic E-state index is 11.4. The molecule has 0 aliphatic rings. The zero-order valence-electron chi connectivity index (χ0n) is 11.3. The summed E-state index contributed by atoms with van der Waals surface area (Å²) in [4.78, 5) is 13.7. The SMILES string of the molecule is C=c1[nH]oc(=O)/c1=C/c1ccc(N(CC)CC)cc1. The fourth-order valence-electron chi connectivity index (χ4n) is 2.02. The first-order chi connectivity index (χ1) is 9.15. The van der Waals surface area contributed by atoms with Crippen molar-refractivity contribution >= 4 is 18.3 Å². The second kappa shape index (κ2) is 5.61. The van der Waals surface area contributed by atoms with Gasteiger partial charge >= 0.3 is 5.63 Å². The van der Waals surface area contributed by atoms with Gasteiger partial charge in [0.05, 0.1) is 10.6 Å². The van der Waals surface area contributed by atoms with Crippen LogP contribution in [0.5, 0.6) is 0 Å². The maximum Gasteiger partial charge on any atom is 0.365 e. The quantitative estimate of drug-likeness (QED) is 0.892. The molecule has 0 fully saturated rings. The standard InChI is InChI=1S/C15H18N2O2/c1-4-17(5-2)13-8-6-12(7-9-13)10-14-11(3)16-19-15(14)18/h6-10,16H,3-5H2,1-2H3/b14-10+. The van der Waals surface area contributed by atoms with E-state index in [1.807, 2.05) is 12.1 Å². The zero-order chi connectivity index (χ0) is 13.8. The molecule has 19 heavy (non-hydrogen) atoms. The fourth-order valence-corrected chi connectivity index (χ4v) is 2.02. The monoisotopic (exact) mass is 258 g/mol. The van der Waals surface area contributed by atoms with Crippen molar-refractivity contribution in [3.63, 3.8) is 0 Å². The van der Waals surface area contributed by atoms with Gasteiger partial charge in [0.25, 0.3) is 0 Å². The minimum atomic E-state index is -0.391. The van der Waals surface area contributed by atoms with Crippen molar-refractivity contribution < 1.29 is 4.52 Å². The summed E-state index contributed by atoms with van der Waals surface area (Å²) in [6, 6.07) is 8.07. The Kier molecular flexibility index (Phi) is 3.90. The van der Waals surface area contributed by atoms with E-state index in [-0.39, 0.29) is 0 Å². The number of hydrogen-bond acceptors (Lipinski definition) is 3. The highest BCUT2D eigenvalue weighted by molar-refractivity contribution is 5.55. The number of anilines is 1. The van der Waals surface area contributed by atoms with E-state index in [1.165, 1.54) is 5.69 Å². The summed E-state index contributed by atoms with van der Waals surface area (Å²) >= 11 is 0. The molecule has 0 spiro atoms. The predicted molar refractivity (Wildman–Crippen MR) is 77.7 cm³/mol. The lowest BCUT2D eigenvalue weighted by Gasteiger charge is -2.20. The Bertz CT molecular complexity index is 660. The van der Waals surface area contributed by atoms with Gasteiger partial charge in [0.1, 0.15) is 0 Å². The summed E-state index contributed by atoms with van der Waals surface area (Å²) in [6.07, 6.45) is 1.77. The lowest BCUT2D eigenvalue weighted by atomic mass is 10.1. The lowest BCUT2D eigenvalue weighted by molar-refractivity contribution is 0.386. The van der Waals surface area contributed by atoms with Gasteiger partial charge in [-0.2, -0.15) is 0 Å². The third-order valence-corrected chi connectivity index (χ3v) is 3.14. The number of nitrogens with zero attached hydrogens (tertiary/aromatic N) is 1. The highest BCUT2D eigenvalue weighted by atomic mass is 16.5. The normalized spacial score (nSPS) is 11.8. The van der Waals surface area contributed by atoms with Gasteiger partial charge in [-0.3, -0.25) is 0 Å². The average Bonchev–Trinajstić information content (AvgIpc) is 2.74. The first-order valence-corrected chi connectivity index (χ1v) is 6.38. The van der Waals surface area contributed by atoms with Crippen LogP contribution in [0.4, 0.5) is 5.69 Å². The van der Waals surface area contributed by atoms with Crippen LogP contribution in [0.25, 0.3) is 12.7 Å². The van der Waals surface area contributed by atoms with Crippen LogP contribution in [0.15, 0.2) is 33.6 Å². The molecule has 0 saturated carbocycles. The van der Waals surface area contributed by atoms with E-state index in [4.69, 9.17) is 0 Å². The molecule has 2 rings (SSSR count). The molecule has 1 aromatic heterocycles. The molecule has 4 nitrogen and oxygen atoms in total. The van der Waals surface area contributed by atoms with Gasteiger partial charge in [0, 0.05) is 18.8 Å². The number of H-pyrrole nitrogens is 1. The first-order valence-electron chi connectivity index (χ1n) is 6.38. The minimum Gasteiger partial charge on any atom is -0.372 e. The topological polar surface area (TPSA) is 49.2 Å². The second-order valence-corrected chi connectivity index (χ2v) is 4.29. The van der Waals surface area contributed by atoms with E-state index in [0.29, 0.717) is 10.6 Å². The molecule has 1 aromatic carbocycles. The highest BCUT2D eigenvalue weighted by Gasteiger charge is 2.01. The molecule has 100 valence electrons. The van der Waals surface area contributed by atoms with Gasteiger partial charge in [-0.1, -0.05) is 18.7 Å². The van der Waals surface area contributed by atoms with Crippen LogP contribution in [0, 0.1) is 0 Å². The number of aromatic amines is 1. The van der Waals surface area contributed by atoms with E-state index < -0.39 is 5.63 Å².